The average Bonchev–Trinajstić information content (AvgIpc) is 3.03. The first-order valence-corrected chi connectivity index (χ1v) is 7.16. The Labute approximate surface area is 128 Å². The minimum atomic E-state index is -0.914. The van der Waals surface area contributed by atoms with Crippen LogP contribution in [0, 0.1) is 5.82 Å². The van der Waals surface area contributed by atoms with Gasteiger partial charge in [0.25, 0.3) is 5.91 Å². The molecule has 118 valence electrons. The predicted molar refractivity (Wildman–Crippen MR) is 79.2 cm³/mol. The lowest BCUT2D eigenvalue weighted by Gasteiger charge is -2.24. The number of hydrogen-bond donors (Lipinski definition) is 2. The summed E-state index contributed by atoms with van der Waals surface area (Å²) in [6, 6.07) is 5.62. The molecule has 1 aromatic carbocycles. The van der Waals surface area contributed by atoms with Crippen molar-refractivity contribution in [3.8, 4) is 5.69 Å². The Hall–Kier alpha value is -2.28. The number of carbonyl (C=O) groups is 1. The molecule has 0 spiro atoms. The van der Waals surface area contributed by atoms with Gasteiger partial charge in [-0.25, -0.2) is 4.39 Å². The summed E-state index contributed by atoms with van der Waals surface area (Å²) >= 11 is 0. The lowest BCUT2D eigenvalue weighted by molar-refractivity contribution is 0.0313. The van der Waals surface area contributed by atoms with Crippen LogP contribution in [0.5, 0.6) is 0 Å². The third-order valence-corrected chi connectivity index (χ3v) is 3.68. The van der Waals surface area contributed by atoms with Gasteiger partial charge in [-0.15, -0.1) is 5.10 Å². The van der Waals surface area contributed by atoms with Gasteiger partial charge in [0, 0.05) is 6.54 Å². The van der Waals surface area contributed by atoms with Crippen LogP contribution in [0.25, 0.3) is 5.69 Å². The summed E-state index contributed by atoms with van der Waals surface area (Å²) in [7, 11) is 0. The molecule has 1 amide bonds. The van der Waals surface area contributed by atoms with Gasteiger partial charge in [-0.1, -0.05) is 13.8 Å². The van der Waals surface area contributed by atoms with E-state index in [1.807, 2.05) is 13.8 Å². The van der Waals surface area contributed by atoms with E-state index in [2.05, 4.69) is 15.5 Å². The lowest BCUT2D eigenvalue weighted by atomic mass is 9.97. The highest BCUT2D eigenvalue weighted by Crippen LogP contribution is 2.13. The van der Waals surface area contributed by atoms with Gasteiger partial charge in [-0.05, 0) is 37.1 Å². The van der Waals surface area contributed by atoms with Gasteiger partial charge in [-0.3, -0.25) is 4.79 Å². The van der Waals surface area contributed by atoms with Gasteiger partial charge in [0.05, 0.1) is 17.5 Å². The monoisotopic (exact) mass is 306 g/mol. The van der Waals surface area contributed by atoms with Crippen LogP contribution in [0.15, 0.2) is 30.5 Å². The fourth-order valence-corrected chi connectivity index (χ4v) is 1.90. The van der Waals surface area contributed by atoms with E-state index in [-0.39, 0.29) is 18.1 Å². The zero-order valence-electron chi connectivity index (χ0n) is 12.6. The van der Waals surface area contributed by atoms with Crippen molar-refractivity contribution in [2.24, 2.45) is 0 Å². The summed E-state index contributed by atoms with van der Waals surface area (Å²) in [5, 5.41) is 20.8. The fourth-order valence-electron chi connectivity index (χ4n) is 1.90. The Morgan fingerprint density at radius 2 is 1.95 bits per heavy atom. The normalized spacial score (nSPS) is 11.5. The van der Waals surface area contributed by atoms with E-state index in [9.17, 15) is 14.3 Å². The summed E-state index contributed by atoms with van der Waals surface area (Å²) < 4.78 is 12.9. The highest BCUT2D eigenvalue weighted by molar-refractivity contribution is 5.91. The smallest absolute Gasteiger partial charge is 0.273 e. The topological polar surface area (TPSA) is 80.0 Å². The first-order chi connectivity index (χ1) is 10.5. The summed E-state index contributed by atoms with van der Waals surface area (Å²) in [5.74, 6) is -0.763. The molecule has 7 heteroatoms. The van der Waals surface area contributed by atoms with Crippen molar-refractivity contribution in [1.82, 2.24) is 20.3 Å². The molecule has 2 rings (SSSR count). The number of nitrogens with one attached hydrogen (secondary N) is 1. The highest BCUT2D eigenvalue weighted by atomic mass is 19.1. The van der Waals surface area contributed by atoms with Crippen LogP contribution in [0.1, 0.15) is 37.2 Å². The maximum atomic E-state index is 12.9. The second kappa shape index (κ2) is 6.65. The van der Waals surface area contributed by atoms with E-state index in [0.29, 0.717) is 18.5 Å². The number of nitrogens with zero attached hydrogens (tertiary/aromatic N) is 3. The Kier molecular flexibility index (Phi) is 4.87. The number of benzene rings is 1. The largest absolute Gasteiger partial charge is 0.388 e. The molecule has 0 saturated heterocycles. The van der Waals surface area contributed by atoms with Gasteiger partial charge >= 0.3 is 0 Å². The molecular weight excluding hydrogens is 287 g/mol. The Morgan fingerprint density at radius 3 is 2.55 bits per heavy atom. The molecule has 0 fully saturated rings. The lowest BCUT2D eigenvalue weighted by Crippen LogP contribution is -2.42. The van der Waals surface area contributed by atoms with E-state index in [4.69, 9.17) is 0 Å². The zero-order valence-corrected chi connectivity index (χ0v) is 12.6. The van der Waals surface area contributed by atoms with Crippen molar-refractivity contribution in [1.29, 1.82) is 0 Å². The van der Waals surface area contributed by atoms with E-state index < -0.39 is 11.5 Å². The van der Waals surface area contributed by atoms with Crippen molar-refractivity contribution in [3.05, 3.63) is 42.0 Å². The Morgan fingerprint density at radius 1 is 1.32 bits per heavy atom. The number of halogens is 1. The minimum absolute atomic E-state index is 0.138. The minimum Gasteiger partial charge on any atom is -0.388 e. The third-order valence-electron chi connectivity index (χ3n) is 3.68. The molecule has 1 heterocycles. The van der Waals surface area contributed by atoms with Crippen molar-refractivity contribution in [2.45, 2.75) is 32.3 Å². The van der Waals surface area contributed by atoms with Crippen molar-refractivity contribution >= 4 is 5.91 Å². The summed E-state index contributed by atoms with van der Waals surface area (Å²) in [4.78, 5) is 13.3. The number of aliphatic hydroxyl groups is 1. The first-order valence-electron chi connectivity index (χ1n) is 7.16. The molecule has 0 radical (unpaired) electrons. The molecule has 6 nitrogen and oxygen atoms in total. The average molecular weight is 306 g/mol. The molecule has 22 heavy (non-hydrogen) atoms. The summed E-state index contributed by atoms with van der Waals surface area (Å²) in [6.45, 7) is 3.88. The number of aromatic nitrogens is 3. The van der Waals surface area contributed by atoms with Gasteiger partial charge < -0.3 is 10.4 Å². The second-order valence-corrected chi connectivity index (χ2v) is 5.11. The van der Waals surface area contributed by atoms with Crippen LogP contribution in [0.2, 0.25) is 0 Å². The summed E-state index contributed by atoms with van der Waals surface area (Å²) in [5.41, 5.74) is -0.222. The van der Waals surface area contributed by atoms with Gasteiger partial charge in [-0.2, -0.15) is 9.90 Å². The second-order valence-electron chi connectivity index (χ2n) is 5.11. The zero-order chi connectivity index (χ0) is 16.2. The molecule has 0 bridgehead atoms. The molecule has 0 aliphatic heterocycles. The number of hydrogen-bond acceptors (Lipinski definition) is 4. The van der Waals surface area contributed by atoms with E-state index in [1.165, 1.54) is 35.3 Å². The molecule has 0 saturated carbocycles. The van der Waals surface area contributed by atoms with Crippen molar-refractivity contribution in [2.75, 3.05) is 6.54 Å². The SMILES string of the molecule is CCC(O)(CC)CNC(=O)c1cnn(-c2ccc(F)cc2)n1. The number of amides is 1. The van der Waals surface area contributed by atoms with Crippen LogP contribution < -0.4 is 5.32 Å². The Balaban J connectivity index is 2.05. The molecule has 0 aliphatic carbocycles. The third kappa shape index (κ3) is 3.67. The fraction of sp³-hybridized carbons (Fsp3) is 0.400. The predicted octanol–water partition coefficient (Wildman–Crippen LogP) is 1.69. The number of rotatable bonds is 6. The van der Waals surface area contributed by atoms with Crippen LogP contribution in [-0.2, 0) is 0 Å². The van der Waals surface area contributed by atoms with Gasteiger partial charge in [0.1, 0.15) is 5.82 Å². The standard InChI is InChI=1S/C15H19FN4O2/c1-3-15(22,4-2)10-17-14(21)13-9-18-20(19-13)12-7-5-11(16)6-8-12/h5-9,22H,3-4,10H2,1-2H3,(H,17,21). The summed E-state index contributed by atoms with van der Waals surface area (Å²) in [6.07, 6.45) is 2.42. The van der Waals surface area contributed by atoms with Crippen LogP contribution in [0.3, 0.4) is 0 Å². The van der Waals surface area contributed by atoms with E-state index >= 15 is 0 Å². The van der Waals surface area contributed by atoms with Crippen LogP contribution in [0.4, 0.5) is 4.39 Å². The molecule has 0 aliphatic rings. The van der Waals surface area contributed by atoms with Gasteiger partial charge in [0.15, 0.2) is 5.69 Å². The molecular formula is C15H19FN4O2. The van der Waals surface area contributed by atoms with Crippen molar-refractivity contribution < 1.29 is 14.3 Å². The quantitative estimate of drug-likeness (QED) is 0.851. The molecule has 0 atom stereocenters. The molecule has 2 N–H and O–H groups in total. The molecule has 2 aromatic rings. The maximum Gasteiger partial charge on any atom is 0.273 e. The number of carbonyl (C=O) groups excluding carboxylic acids is 1. The van der Waals surface area contributed by atoms with Gasteiger partial charge in [0.2, 0.25) is 0 Å². The van der Waals surface area contributed by atoms with Crippen molar-refractivity contribution in [3.63, 3.8) is 0 Å². The maximum absolute atomic E-state index is 12.9. The molecule has 1 aromatic heterocycles. The van der Waals surface area contributed by atoms with E-state index in [0.717, 1.165) is 0 Å². The van der Waals surface area contributed by atoms with Crippen LogP contribution in [-0.4, -0.2) is 38.2 Å². The van der Waals surface area contributed by atoms with E-state index in [1.54, 1.807) is 0 Å². The first kappa shape index (κ1) is 16.1. The van der Waals surface area contributed by atoms with Crippen LogP contribution >= 0.6 is 0 Å². The Bertz CT molecular complexity index is 635. The highest BCUT2D eigenvalue weighted by Gasteiger charge is 2.23. The molecule has 0 unspecified atom stereocenters.